The van der Waals surface area contributed by atoms with Gasteiger partial charge < -0.3 is 14.6 Å². The van der Waals surface area contributed by atoms with Crippen molar-refractivity contribution < 1.29 is 9.53 Å². The van der Waals surface area contributed by atoms with E-state index in [1.807, 2.05) is 39.2 Å². The zero-order valence-corrected chi connectivity index (χ0v) is 19.6. The van der Waals surface area contributed by atoms with Crippen LogP contribution in [0.25, 0.3) is 22.4 Å². The third kappa shape index (κ3) is 4.19. The van der Waals surface area contributed by atoms with Gasteiger partial charge in [-0.15, -0.1) is 0 Å². The number of pyridine rings is 1. The third-order valence-corrected chi connectivity index (χ3v) is 5.58. The van der Waals surface area contributed by atoms with E-state index >= 15 is 0 Å². The zero-order valence-electron chi connectivity index (χ0n) is 18.9. The molecule has 0 saturated heterocycles. The van der Waals surface area contributed by atoms with E-state index in [9.17, 15) is 9.59 Å². The van der Waals surface area contributed by atoms with Crippen LogP contribution < -0.4 is 10.9 Å². The number of aryl methyl sites for hydroxylation is 2. The molecule has 3 heterocycles. The Kier molecular flexibility index (Phi) is 5.90. The average molecular weight is 467 g/mol. The molecule has 0 aliphatic heterocycles. The number of nitrogens with one attached hydrogen (secondary N) is 1. The molecule has 9 nitrogen and oxygen atoms in total. The molecule has 0 unspecified atom stereocenters. The fraction of sp³-hybridized carbons (Fsp3) is 0.261. The van der Waals surface area contributed by atoms with Crippen molar-refractivity contribution in [3.8, 4) is 11.5 Å². The van der Waals surface area contributed by atoms with E-state index in [1.165, 1.54) is 11.7 Å². The van der Waals surface area contributed by atoms with E-state index < -0.39 is 5.97 Å². The van der Waals surface area contributed by atoms with Gasteiger partial charge in [0.1, 0.15) is 10.8 Å². The monoisotopic (exact) mass is 466 g/mol. The third-order valence-electron chi connectivity index (χ3n) is 5.37. The van der Waals surface area contributed by atoms with Crippen LogP contribution in [0.5, 0.6) is 0 Å². The molecule has 1 aromatic carbocycles. The van der Waals surface area contributed by atoms with Crippen LogP contribution in [0, 0.1) is 6.92 Å². The van der Waals surface area contributed by atoms with Crippen molar-refractivity contribution in [1.29, 1.82) is 0 Å². The molecule has 1 atom stereocenters. The first-order chi connectivity index (χ1) is 15.7. The number of esters is 1. The quantitative estimate of drug-likeness (QED) is 0.353. The number of anilines is 1. The summed E-state index contributed by atoms with van der Waals surface area (Å²) >= 11 is 5.98. The van der Waals surface area contributed by atoms with E-state index in [2.05, 4.69) is 15.3 Å². The predicted molar refractivity (Wildman–Crippen MR) is 127 cm³/mol. The number of rotatable bonds is 5. The minimum absolute atomic E-state index is 0.0758. The standard InChI is InChI=1S/C23H23ClN6O3/c1-12-8-14(13(2)26-16-6-7-18(24)27-20(16)23(32)33-5)19-15(9-12)22(31)30(4)21(28-19)17-10-29(3)11-25-17/h6-11,13,26H,1-5H3/t13-/m1/s1. The van der Waals surface area contributed by atoms with Gasteiger partial charge in [0, 0.05) is 25.9 Å². The molecule has 0 radical (unpaired) electrons. The molecule has 33 heavy (non-hydrogen) atoms. The minimum atomic E-state index is -0.606. The van der Waals surface area contributed by atoms with Crippen molar-refractivity contribution in [2.75, 3.05) is 12.4 Å². The van der Waals surface area contributed by atoms with E-state index in [0.717, 1.165) is 11.1 Å². The van der Waals surface area contributed by atoms with E-state index in [4.69, 9.17) is 21.3 Å². The lowest BCUT2D eigenvalue weighted by Crippen LogP contribution is -2.22. The number of carbonyl (C=O) groups excluding carboxylic acids is 1. The summed E-state index contributed by atoms with van der Waals surface area (Å²) in [5.74, 6) is -0.139. The Morgan fingerprint density at radius 2 is 1.97 bits per heavy atom. The van der Waals surface area contributed by atoms with Crippen LogP contribution in [0.3, 0.4) is 0 Å². The number of aromatic nitrogens is 5. The number of methoxy groups -OCH3 is 1. The van der Waals surface area contributed by atoms with Crippen LogP contribution in [-0.2, 0) is 18.8 Å². The summed E-state index contributed by atoms with van der Waals surface area (Å²) in [7, 11) is 4.82. The maximum atomic E-state index is 13.2. The molecule has 0 amide bonds. The van der Waals surface area contributed by atoms with E-state index in [1.54, 1.807) is 30.1 Å². The number of fused-ring (bicyclic) bond motifs is 1. The second-order valence-electron chi connectivity index (χ2n) is 7.86. The van der Waals surface area contributed by atoms with Crippen molar-refractivity contribution in [1.82, 2.24) is 24.1 Å². The molecule has 0 aliphatic rings. The van der Waals surface area contributed by atoms with Crippen molar-refractivity contribution in [2.24, 2.45) is 14.1 Å². The lowest BCUT2D eigenvalue weighted by Gasteiger charge is -2.20. The minimum Gasteiger partial charge on any atom is -0.464 e. The van der Waals surface area contributed by atoms with Gasteiger partial charge >= 0.3 is 5.97 Å². The number of hydrogen-bond acceptors (Lipinski definition) is 7. The molecule has 0 aliphatic carbocycles. The molecular formula is C23H23ClN6O3. The normalized spacial score (nSPS) is 12.1. The summed E-state index contributed by atoms with van der Waals surface area (Å²) in [6, 6.07) is 6.73. The van der Waals surface area contributed by atoms with Crippen molar-refractivity contribution >= 4 is 34.2 Å². The average Bonchev–Trinajstić information content (AvgIpc) is 3.22. The van der Waals surface area contributed by atoms with Gasteiger partial charge in [0.2, 0.25) is 0 Å². The molecule has 170 valence electrons. The van der Waals surface area contributed by atoms with Crippen LogP contribution in [0.4, 0.5) is 5.69 Å². The fourth-order valence-corrected chi connectivity index (χ4v) is 3.90. The maximum Gasteiger partial charge on any atom is 0.358 e. The summed E-state index contributed by atoms with van der Waals surface area (Å²) < 4.78 is 8.14. The van der Waals surface area contributed by atoms with E-state index in [-0.39, 0.29) is 22.4 Å². The lowest BCUT2D eigenvalue weighted by molar-refractivity contribution is 0.0595. The van der Waals surface area contributed by atoms with Crippen LogP contribution >= 0.6 is 11.6 Å². The lowest BCUT2D eigenvalue weighted by atomic mass is 10.0. The van der Waals surface area contributed by atoms with Crippen LogP contribution in [-0.4, -0.2) is 37.2 Å². The number of benzene rings is 1. The number of nitrogens with zero attached hydrogens (tertiary/aromatic N) is 5. The highest BCUT2D eigenvalue weighted by molar-refractivity contribution is 6.29. The van der Waals surface area contributed by atoms with Crippen LogP contribution in [0.15, 0.2) is 41.6 Å². The molecule has 0 saturated carbocycles. The van der Waals surface area contributed by atoms with Crippen LogP contribution in [0.2, 0.25) is 5.15 Å². The summed E-state index contributed by atoms with van der Waals surface area (Å²) in [6.07, 6.45) is 3.47. The highest BCUT2D eigenvalue weighted by atomic mass is 35.5. The molecule has 0 spiro atoms. The summed E-state index contributed by atoms with van der Waals surface area (Å²) in [6.45, 7) is 3.84. The molecule has 4 aromatic rings. The molecule has 0 fully saturated rings. The first-order valence-electron chi connectivity index (χ1n) is 10.2. The van der Waals surface area contributed by atoms with Crippen molar-refractivity contribution in [3.05, 3.63) is 69.1 Å². The summed E-state index contributed by atoms with van der Waals surface area (Å²) in [4.78, 5) is 38.7. The topological polar surface area (TPSA) is 104 Å². The van der Waals surface area contributed by atoms with E-state index in [0.29, 0.717) is 28.1 Å². The van der Waals surface area contributed by atoms with Crippen molar-refractivity contribution in [3.63, 3.8) is 0 Å². The van der Waals surface area contributed by atoms with Crippen molar-refractivity contribution in [2.45, 2.75) is 19.9 Å². The number of imidazole rings is 1. The number of ether oxygens (including phenoxy) is 1. The second-order valence-corrected chi connectivity index (χ2v) is 8.25. The molecule has 10 heteroatoms. The van der Waals surface area contributed by atoms with Gasteiger partial charge in [-0.2, -0.15) is 0 Å². The number of halogens is 1. The smallest absolute Gasteiger partial charge is 0.358 e. The fourth-order valence-electron chi connectivity index (χ4n) is 3.75. The highest BCUT2D eigenvalue weighted by Gasteiger charge is 2.21. The predicted octanol–water partition coefficient (Wildman–Crippen LogP) is 3.65. The second kappa shape index (κ2) is 8.67. The first kappa shape index (κ1) is 22.5. The molecule has 3 aromatic heterocycles. The van der Waals surface area contributed by atoms with Gasteiger partial charge in [0.25, 0.3) is 5.56 Å². The molecular weight excluding hydrogens is 444 g/mol. The number of hydrogen-bond donors (Lipinski definition) is 1. The van der Waals surface area contributed by atoms with Crippen LogP contribution in [0.1, 0.15) is 34.6 Å². The van der Waals surface area contributed by atoms with Gasteiger partial charge in [-0.05, 0) is 37.6 Å². The first-order valence-corrected chi connectivity index (χ1v) is 10.6. The Balaban J connectivity index is 1.87. The largest absolute Gasteiger partial charge is 0.464 e. The molecule has 4 rings (SSSR count). The van der Waals surface area contributed by atoms with Gasteiger partial charge in [-0.25, -0.2) is 19.7 Å². The summed E-state index contributed by atoms with van der Waals surface area (Å²) in [5, 5.41) is 3.98. The Morgan fingerprint density at radius 1 is 1.21 bits per heavy atom. The summed E-state index contributed by atoms with van der Waals surface area (Å²) in [5.41, 5.74) is 3.24. The Labute approximate surface area is 195 Å². The van der Waals surface area contributed by atoms with Gasteiger partial charge in [0.15, 0.2) is 11.5 Å². The zero-order chi connectivity index (χ0) is 23.9. The molecule has 1 N–H and O–H groups in total. The van der Waals surface area contributed by atoms with Gasteiger partial charge in [0.05, 0.1) is 36.1 Å². The van der Waals surface area contributed by atoms with Gasteiger partial charge in [-0.1, -0.05) is 17.7 Å². The maximum absolute atomic E-state index is 13.2. The van der Waals surface area contributed by atoms with Gasteiger partial charge in [-0.3, -0.25) is 9.36 Å². The Bertz CT molecular complexity index is 1440. The Hall–Kier alpha value is -3.72. The SMILES string of the molecule is COC(=O)c1nc(Cl)ccc1N[C@H](C)c1cc(C)cc2c(=O)n(C)c(-c3cn(C)cn3)nc12. The molecule has 0 bridgehead atoms. The Morgan fingerprint density at radius 3 is 2.64 bits per heavy atom. The highest BCUT2D eigenvalue weighted by Crippen LogP contribution is 2.29. The number of carbonyl (C=O) groups is 1.